The Kier molecular flexibility index (Phi) is 6.24. The maximum Gasteiger partial charge on any atom is 0.326 e. The number of hydrogen-bond donors (Lipinski definition) is 2. The Morgan fingerprint density at radius 1 is 1.22 bits per heavy atom. The van der Waals surface area contributed by atoms with Crippen LogP contribution in [0, 0.1) is 0 Å². The summed E-state index contributed by atoms with van der Waals surface area (Å²) in [6.45, 7) is 0.405. The molecule has 3 rings (SSSR count). The third-order valence-electron chi connectivity index (χ3n) is 5.12. The number of carbonyl (C=O) groups excluding carboxylic acids is 1. The maximum absolute atomic E-state index is 12.6. The molecular formula is C22H25NO4. The highest BCUT2D eigenvalue weighted by molar-refractivity contribution is 5.96. The molecule has 0 radical (unpaired) electrons. The summed E-state index contributed by atoms with van der Waals surface area (Å²) < 4.78 is 5.09. The number of benzene rings is 2. The minimum absolute atomic E-state index is 0.149. The molecule has 0 aromatic heterocycles. The summed E-state index contributed by atoms with van der Waals surface area (Å²) in [6.07, 6.45) is 3.42. The predicted octanol–water partition coefficient (Wildman–Crippen LogP) is 3.53. The fourth-order valence-electron chi connectivity index (χ4n) is 3.82. The third kappa shape index (κ3) is 4.74. The Morgan fingerprint density at radius 2 is 2.04 bits per heavy atom. The molecular weight excluding hydrogens is 342 g/mol. The van der Waals surface area contributed by atoms with Crippen molar-refractivity contribution in [2.75, 3.05) is 7.11 Å². The van der Waals surface area contributed by atoms with E-state index < -0.39 is 12.0 Å². The molecule has 2 atom stereocenters. The van der Waals surface area contributed by atoms with E-state index in [1.165, 1.54) is 11.1 Å². The number of carbonyl (C=O) groups is 2. The number of hydrogen-bond acceptors (Lipinski definition) is 3. The number of aliphatic carboxylic acids is 1. The highest BCUT2D eigenvalue weighted by atomic mass is 16.5. The molecule has 0 spiro atoms. The van der Waals surface area contributed by atoms with Crippen LogP contribution >= 0.6 is 0 Å². The molecule has 27 heavy (non-hydrogen) atoms. The first-order valence-electron chi connectivity index (χ1n) is 9.28. The molecule has 1 aliphatic rings. The molecule has 5 nitrogen and oxygen atoms in total. The zero-order chi connectivity index (χ0) is 19.2. The molecule has 0 saturated heterocycles. The van der Waals surface area contributed by atoms with E-state index in [1.807, 2.05) is 18.2 Å². The van der Waals surface area contributed by atoms with Gasteiger partial charge in [-0.1, -0.05) is 36.4 Å². The molecule has 1 amide bonds. The van der Waals surface area contributed by atoms with Crippen molar-refractivity contribution >= 4 is 11.9 Å². The van der Waals surface area contributed by atoms with Gasteiger partial charge in [0.1, 0.15) is 6.04 Å². The van der Waals surface area contributed by atoms with Crippen LogP contribution in [0.5, 0.6) is 0 Å². The van der Waals surface area contributed by atoms with Crippen LogP contribution in [0.4, 0.5) is 0 Å². The molecule has 0 aliphatic heterocycles. The highest BCUT2D eigenvalue weighted by Gasteiger charge is 2.28. The molecule has 142 valence electrons. The van der Waals surface area contributed by atoms with Crippen LogP contribution in [0.25, 0.3) is 0 Å². The number of carboxylic acid groups (broad SMARTS) is 1. The van der Waals surface area contributed by atoms with Crippen LogP contribution in [0.15, 0.2) is 48.5 Å². The lowest BCUT2D eigenvalue weighted by atomic mass is 9.79. The molecule has 0 fully saturated rings. The third-order valence-corrected chi connectivity index (χ3v) is 5.12. The lowest BCUT2D eigenvalue weighted by Crippen LogP contribution is -2.42. The minimum atomic E-state index is -1.00. The SMILES string of the molecule is COCc1cccc(C(=O)NC(CC2CCCc3ccccc32)C(=O)O)c1. The van der Waals surface area contributed by atoms with Crippen molar-refractivity contribution in [1.82, 2.24) is 5.32 Å². The van der Waals surface area contributed by atoms with Gasteiger partial charge in [-0.15, -0.1) is 0 Å². The molecule has 1 aliphatic carbocycles. The first-order chi connectivity index (χ1) is 13.1. The van der Waals surface area contributed by atoms with Crippen molar-refractivity contribution < 1.29 is 19.4 Å². The standard InChI is InChI=1S/C22H25NO4/c1-27-14-15-6-4-10-18(12-15)21(24)23-20(22(25)26)13-17-9-5-8-16-7-2-3-11-19(16)17/h2-4,6-7,10-12,17,20H,5,8-9,13-14H2,1H3,(H,23,24)(H,25,26). The van der Waals surface area contributed by atoms with Gasteiger partial charge in [-0.05, 0) is 60.4 Å². The summed E-state index contributed by atoms with van der Waals surface area (Å²) in [6, 6.07) is 14.3. The Bertz CT molecular complexity index is 817. The maximum atomic E-state index is 12.6. The van der Waals surface area contributed by atoms with Crippen molar-refractivity contribution in [2.24, 2.45) is 0 Å². The van der Waals surface area contributed by atoms with Crippen molar-refractivity contribution in [3.63, 3.8) is 0 Å². The van der Waals surface area contributed by atoms with Crippen LogP contribution in [-0.4, -0.2) is 30.1 Å². The molecule has 0 saturated carbocycles. The minimum Gasteiger partial charge on any atom is -0.480 e. The second-order valence-corrected chi connectivity index (χ2v) is 7.02. The molecule has 2 unspecified atom stereocenters. The number of amides is 1. The topological polar surface area (TPSA) is 75.6 Å². The van der Waals surface area contributed by atoms with Gasteiger partial charge >= 0.3 is 5.97 Å². The number of ether oxygens (including phenoxy) is 1. The Balaban J connectivity index is 1.72. The van der Waals surface area contributed by atoms with Gasteiger partial charge in [-0.2, -0.15) is 0 Å². The average Bonchev–Trinajstić information content (AvgIpc) is 2.68. The second kappa shape index (κ2) is 8.82. The number of carboxylic acids is 1. The molecule has 5 heteroatoms. The number of aryl methyl sites for hydroxylation is 1. The average molecular weight is 367 g/mol. The van der Waals surface area contributed by atoms with Gasteiger partial charge in [0, 0.05) is 12.7 Å². The van der Waals surface area contributed by atoms with Crippen molar-refractivity contribution in [3.05, 3.63) is 70.8 Å². The van der Waals surface area contributed by atoms with Crippen LogP contribution in [-0.2, 0) is 22.6 Å². The van der Waals surface area contributed by atoms with E-state index in [2.05, 4.69) is 17.4 Å². The lowest BCUT2D eigenvalue weighted by molar-refractivity contribution is -0.139. The van der Waals surface area contributed by atoms with E-state index in [9.17, 15) is 14.7 Å². The van der Waals surface area contributed by atoms with E-state index in [4.69, 9.17) is 4.74 Å². The molecule has 2 aromatic carbocycles. The Hall–Kier alpha value is -2.66. The van der Waals surface area contributed by atoms with Crippen molar-refractivity contribution in [3.8, 4) is 0 Å². The van der Waals surface area contributed by atoms with Gasteiger partial charge in [0.2, 0.25) is 0 Å². The number of fused-ring (bicyclic) bond motifs is 1. The van der Waals surface area contributed by atoms with E-state index >= 15 is 0 Å². The van der Waals surface area contributed by atoms with Crippen LogP contribution in [0.1, 0.15) is 52.2 Å². The summed E-state index contributed by atoms with van der Waals surface area (Å²) in [5, 5.41) is 12.4. The van der Waals surface area contributed by atoms with E-state index in [-0.39, 0.29) is 11.8 Å². The first kappa shape index (κ1) is 19.1. The molecule has 2 aromatic rings. The van der Waals surface area contributed by atoms with Crippen LogP contribution in [0.3, 0.4) is 0 Å². The second-order valence-electron chi connectivity index (χ2n) is 7.02. The summed E-state index contributed by atoms with van der Waals surface area (Å²) in [5.74, 6) is -1.22. The lowest BCUT2D eigenvalue weighted by Gasteiger charge is -2.28. The first-order valence-corrected chi connectivity index (χ1v) is 9.28. The fourth-order valence-corrected chi connectivity index (χ4v) is 3.82. The summed E-state index contributed by atoms with van der Waals surface area (Å²) >= 11 is 0. The van der Waals surface area contributed by atoms with Gasteiger partial charge in [0.25, 0.3) is 5.91 Å². The normalized spacial score (nSPS) is 17.0. The van der Waals surface area contributed by atoms with Gasteiger partial charge in [-0.3, -0.25) is 4.79 Å². The Labute approximate surface area is 159 Å². The van der Waals surface area contributed by atoms with E-state index in [0.717, 1.165) is 24.8 Å². The van der Waals surface area contributed by atoms with Gasteiger partial charge in [0.05, 0.1) is 6.61 Å². The van der Waals surface area contributed by atoms with E-state index in [0.29, 0.717) is 18.6 Å². The number of rotatable bonds is 7. The van der Waals surface area contributed by atoms with Gasteiger partial charge in [0.15, 0.2) is 0 Å². The monoisotopic (exact) mass is 367 g/mol. The Morgan fingerprint density at radius 3 is 2.81 bits per heavy atom. The summed E-state index contributed by atoms with van der Waals surface area (Å²) in [4.78, 5) is 24.4. The largest absolute Gasteiger partial charge is 0.480 e. The van der Waals surface area contributed by atoms with Crippen LogP contribution in [0.2, 0.25) is 0 Å². The van der Waals surface area contributed by atoms with Crippen LogP contribution < -0.4 is 5.32 Å². The molecule has 0 heterocycles. The zero-order valence-electron chi connectivity index (χ0n) is 15.5. The van der Waals surface area contributed by atoms with E-state index in [1.54, 1.807) is 25.3 Å². The molecule has 2 N–H and O–H groups in total. The van der Waals surface area contributed by atoms with Gasteiger partial charge < -0.3 is 15.2 Å². The smallest absolute Gasteiger partial charge is 0.326 e. The van der Waals surface area contributed by atoms with Gasteiger partial charge in [-0.25, -0.2) is 4.79 Å². The number of methoxy groups -OCH3 is 1. The summed E-state index contributed by atoms with van der Waals surface area (Å²) in [5.41, 5.74) is 3.82. The fraction of sp³-hybridized carbons (Fsp3) is 0.364. The quantitative estimate of drug-likeness (QED) is 0.785. The zero-order valence-corrected chi connectivity index (χ0v) is 15.5. The summed E-state index contributed by atoms with van der Waals surface area (Å²) in [7, 11) is 1.59. The van der Waals surface area contributed by atoms with Crippen molar-refractivity contribution in [1.29, 1.82) is 0 Å². The number of nitrogens with one attached hydrogen (secondary N) is 1. The highest BCUT2D eigenvalue weighted by Crippen LogP contribution is 2.34. The predicted molar refractivity (Wildman–Crippen MR) is 103 cm³/mol. The van der Waals surface area contributed by atoms with Crippen molar-refractivity contribution in [2.45, 2.75) is 44.2 Å². The molecule has 0 bridgehead atoms.